The van der Waals surface area contributed by atoms with Crippen molar-refractivity contribution in [3.8, 4) is 0 Å². The Hall–Kier alpha value is -0.120. The van der Waals surface area contributed by atoms with Gasteiger partial charge in [-0.15, -0.1) is 0 Å². The summed E-state index contributed by atoms with van der Waals surface area (Å²) in [5.41, 5.74) is 0. The molecule has 1 saturated carbocycles. The minimum atomic E-state index is -1.32. The van der Waals surface area contributed by atoms with Crippen LogP contribution in [0.4, 0.5) is 0 Å². The molecule has 92 valence electrons. The van der Waals surface area contributed by atoms with Gasteiger partial charge in [0.15, 0.2) is 5.79 Å². The largest absolute Gasteiger partial charge is 0.381 e. The third-order valence-electron chi connectivity index (χ3n) is 2.35. The minimum absolute atomic E-state index is 0.562. The quantitative estimate of drug-likeness (QED) is 0.563. The maximum absolute atomic E-state index is 8.93. The molecule has 0 heterocycles. The molecule has 0 aromatic heterocycles. The van der Waals surface area contributed by atoms with E-state index in [4.69, 9.17) is 14.9 Å². The Bertz CT molecular complexity index is 123. The van der Waals surface area contributed by atoms with Gasteiger partial charge in [0.05, 0.1) is 0 Å². The van der Waals surface area contributed by atoms with E-state index in [1.165, 1.54) is 0 Å². The summed E-state index contributed by atoms with van der Waals surface area (Å²) in [4.78, 5) is 0. The van der Waals surface area contributed by atoms with E-state index in [-0.39, 0.29) is 0 Å². The highest BCUT2D eigenvalue weighted by Crippen LogP contribution is 2.24. The van der Waals surface area contributed by atoms with Gasteiger partial charge in [0.2, 0.25) is 0 Å². The number of ether oxygens (including phenoxy) is 1. The van der Waals surface area contributed by atoms with Gasteiger partial charge >= 0.3 is 0 Å². The Morgan fingerprint density at radius 3 is 1.67 bits per heavy atom. The predicted molar refractivity (Wildman–Crippen MR) is 61.7 cm³/mol. The second-order valence-electron chi connectivity index (χ2n) is 4.16. The molecule has 15 heavy (non-hydrogen) atoms. The highest BCUT2D eigenvalue weighted by molar-refractivity contribution is 4.69. The van der Waals surface area contributed by atoms with Crippen LogP contribution in [0.25, 0.3) is 0 Å². The van der Waals surface area contributed by atoms with E-state index in [0.717, 1.165) is 45.3 Å². The average Bonchev–Trinajstić information content (AvgIpc) is 2.19. The molecule has 0 aromatic carbocycles. The van der Waals surface area contributed by atoms with E-state index in [1.54, 1.807) is 0 Å². The van der Waals surface area contributed by atoms with Crippen LogP contribution in [0.15, 0.2) is 0 Å². The maximum atomic E-state index is 8.93. The van der Waals surface area contributed by atoms with Crippen LogP contribution in [0.3, 0.4) is 0 Å². The van der Waals surface area contributed by atoms with E-state index in [0.29, 0.717) is 12.8 Å². The minimum Gasteiger partial charge on any atom is -0.381 e. The van der Waals surface area contributed by atoms with Gasteiger partial charge < -0.3 is 14.9 Å². The lowest BCUT2D eigenvalue weighted by molar-refractivity contribution is -0.180. The zero-order chi connectivity index (χ0) is 11.6. The van der Waals surface area contributed by atoms with Gasteiger partial charge in [-0.3, -0.25) is 0 Å². The molecule has 3 nitrogen and oxygen atoms in total. The molecule has 0 aromatic rings. The normalized spacial score (nSPS) is 19.2. The molecule has 0 spiro atoms. The molecule has 0 bridgehead atoms. The molecule has 2 N–H and O–H groups in total. The summed E-state index contributed by atoms with van der Waals surface area (Å²) in [6, 6.07) is 0. The third kappa shape index (κ3) is 10.2. The maximum Gasteiger partial charge on any atom is 0.162 e. The summed E-state index contributed by atoms with van der Waals surface area (Å²) >= 11 is 0. The van der Waals surface area contributed by atoms with Gasteiger partial charge in [0.1, 0.15) is 0 Å². The monoisotopic (exact) mass is 218 g/mol. The van der Waals surface area contributed by atoms with Gasteiger partial charge in [-0.1, -0.05) is 20.3 Å². The summed E-state index contributed by atoms with van der Waals surface area (Å²) in [7, 11) is 0. The molecular weight excluding hydrogens is 192 g/mol. The van der Waals surface area contributed by atoms with Crippen LogP contribution >= 0.6 is 0 Å². The van der Waals surface area contributed by atoms with E-state index < -0.39 is 5.79 Å². The van der Waals surface area contributed by atoms with Crippen LogP contribution in [0.5, 0.6) is 0 Å². The molecular formula is C12H26O3. The summed E-state index contributed by atoms with van der Waals surface area (Å²) in [5.74, 6) is -1.32. The number of rotatable bonds is 4. The van der Waals surface area contributed by atoms with Crippen molar-refractivity contribution in [3.63, 3.8) is 0 Å². The molecule has 0 saturated heterocycles. The van der Waals surface area contributed by atoms with Crippen LogP contribution in [-0.2, 0) is 4.74 Å². The highest BCUT2D eigenvalue weighted by atomic mass is 16.5. The Morgan fingerprint density at radius 1 is 0.933 bits per heavy atom. The van der Waals surface area contributed by atoms with Gasteiger partial charge in [0, 0.05) is 26.1 Å². The summed E-state index contributed by atoms with van der Waals surface area (Å²) in [6.07, 6.45) is 6.49. The molecule has 0 aliphatic heterocycles. The van der Waals surface area contributed by atoms with Crippen LogP contribution in [0.2, 0.25) is 0 Å². The number of hydrogen-bond donors (Lipinski definition) is 2. The van der Waals surface area contributed by atoms with Crippen LogP contribution in [-0.4, -0.2) is 29.2 Å². The van der Waals surface area contributed by atoms with Crippen molar-refractivity contribution in [2.75, 3.05) is 13.2 Å². The standard InChI is InChI=1S/C6H12O2.C6H14O/c7-6(8)4-2-1-3-5-6;1-3-5-7-6-4-2/h7-8H,1-5H2;3-6H2,1-2H3. The highest BCUT2D eigenvalue weighted by Gasteiger charge is 2.24. The van der Waals surface area contributed by atoms with Crippen molar-refractivity contribution in [1.29, 1.82) is 0 Å². The molecule has 1 aliphatic rings. The molecule has 1 fully saturated rings. The summed E-state index contributed by atoms with van der Waals surface area (Å²) in [5, 5.41) is 17.9. The average molecular weight is 218 g/mol. The lowest BCUT2D eigenvalue weighted by atomic mass is 9.95. The molecule has 0 amide bonds. The Kier molecular flexibility index (Phi) is 9.06. The van der Waals surface area contributed by atoms with Crippen LogP contribution in [0.1, 0.15) is 58.8 Å². The fourth-order valence-electron chi connectivity index (χ4n) is 1.51. The zero-order valence-electron chi connectivity index (χ0n) is 10.2. The Balaban J connectivity index is 0.000000265. The first-order chi connectivity index (χ1) is 7.12. The lowest BCUT2D eigenvalue weighted by Crippen LogP contribution is -2.30. The van der Waals surface area contributed by atoms with Gasteiger partial charge in [-0.25, -0.2) is 0 Å². The van der Waals surface area contributed by atoms with Crippen LogP contribution in [0, 0.1) is 0 Å². The van der Waals surface area contributed by atoms with E-state index in [9.17, 15) is 0 Å². The molecule has 0 radical (unpaired) electrons. The Morgan fingerprint density at radius 2 is 1.40 bits per heavy atom. The van der Waals surface area contributed by atoms with E-state index in [1.807, 2.05) is 0 Å². The van der Waals surface area contributed by atoms with Crippen molar-refractivity contribution >= 4 is 0 Å². The number of hydrogen-bond acceptors (Lipinski definition) is 3. The first-order valence-corrected chi connectivity index (χ1v) is 6.15. The van der Waals surface area contributed by atoms with Crippen molar-refractivity contribution in [3.05, 3.63) is 0 Å². The Labute approximate surface area is 93.5 Å². The summed E-state index contributed by atoms with van der Waals surface area (Å²) in [6.45, 7) is 6.09. The van der Waals surface area contributed by atoms with Gasteiger partial charge in [-0.05, 0) is 25.7 Å². The summed E-state index contributed by atoms with van der Waals surface area (Å²) < 4.78 is 5.13. The fourth-order valence-corrected chi connectivity index (χ4v) is 1.51. The molecule has 0 atom stereocenters. The second kappa shape index (κ2) is 9.13. The van der Waals surface area contributed by atoms with Gasteiger partial charge in [0.25, 0.3) is 0 Å². The zero-order valence-corrected chi connectivity index (χ0v) is 10.2. The third-order valence-corrected chi connectivity index (χ3v) is 2.35. The van der Waals surface area contributed by atoms with E-state index >= 15 is 0 Å². The fraction of sp³-hybridized carbons (Fsp3) is 1.00. The first-order valence-electron chi connectivity index (χ1n) is 6.15. The smallest absolute Gasteiger partial charge is 0.162 e. The van der Waals surface area contributed by atoms with Crippen molar-refractivity contribution < 1.29 is 14.9 Å². The number of aliphatic hydroxyl groups is 2. The van der Waals surface area contributed by atoms with Crippen LogP contribution < -0.4 is 0 Å². The van der Waals surface area contributed by atoms with Crippen molar-refractivity contribution in [2.24, 2.45) is 0 Å². The molecule has 1 rings (SSSR count). The molecule has 1 aliphatic carbocycles. The predicted octanol–water partition coefficient (Wildman–Crippen LogP) is 2.45. The lowest BCUT2D eigenvalue weighted by Gasteiger charge is -2.25. The van der Waals surface area contributed by atoms with Gasteiger partial charge in [-0.2, -0.15) is 0 Å². The first kappa shape index (κ1) is 14.9. The van der Waals surface area contributed by atoms with E-state index in [2.05, 4.69) is 13.8 Å². The second-order valence-corrected chi connectivity index (χ2v) is 4.16. The SMILES string of the molecule is CCCOCCC.OC1(O)CCCCC1. The molecule has 3 heteroatoms. The van der Waals surface area contributed by atoms with Crippen molar-refractivity contribution in [2.45, 2.75) is 64.6 Å². The van der Waals surface area contributed by atoms with Crippen molar-refractivity contribution in [1.82, 2.24) is 0 Å². The molecule has 0 unspecified atom stereocenters. The topological polar surface area (TPSA) is 49.7 Å².